The van der Waals surface area contributed by atoms with E-state index < -0.39 is 23.3 Å². The first-order chi connectivity index (χ1) is 5.13. The van der Waals surface area contributed by atoms with Gasteiger partial charge in [0.05, 0.1) is 0 Å². The Kier molecular flexibility index (Phi) is 31.8. The van der Waals surface area contributed by atoms with Gasteiger partial charge in [0.1, 0.15) is 0 Å². The van der Waals surface area contributed by atoms with E-state index in [9.17, 15) is 9.13 Å². The maximum Gasteiger partial charge on any atom is 0.318 e. The smallest absolute Gasteiger partial charge is 0.318 e. The molecule has 8 N–H and O–H groups in total. The van der Waals surface area contributed by atoms with Crippen molar-refractivity contribution in [2.24, 2.45) is 0 Å². The lowest BCUT2D eigenvalue weighted by molar-refractivity contribution is 0.110. The molecule has 0 rings (SSSR count). The summed E-state index contributed by atoms with van der Waals surface area (Å²) in [7, 11) is -6.08. The molecule has 0 radical (unpaired) electrons. The lowest BCUT2D eigenvalue weighted by Crippen LogP contribution is -1.85. The molecule has 0 aromatic rings. The minimum atomic E-state index is -3.04. The highest BCUT2D eigenvalue weighted by atomic mass is 31.1. The van der Waals surface area contributed by atoms with Crippen LogP contribution in [0.2, 0.25) is 0 Å². The van der Waals surface area contributed by atoms with Crippen molar-refractivity contribution in [2.45, 2.75) is 0 Å². The van der Waals surface area contributed by atoms with Crippen LogP contribution in [0.5, 0.6) is 0 Å². The summed E-state index contributed by atoms with van der Waals surface area (Å²) < 4.78 is 27.2. The maximum atomic E-state index is 9.69. The predicted molar refractivity (Wildman–Crippen MR) is 50.8 cm³/mol. The van der Waals surface area contributed by atoms with Gasteiger partial charge in [0.2, 0.25) is 0 Å². The van der Waals surface area contributed by atoms with E-state index in [1.807, 2.05) is 0 Å². The maximum absolute atomic E-state index is 9.69. The van der Waals surface area contributed by atoms with E-state index in [-0.39, 0.29) is 12.3 Å². The van der Waals surface area contributed by atoms with Gasteiger partial charge < -0.3 is 22.1 Å². The SMILES string of the molecule is C=C.N.N.O=[PH](O)OCO[PH](=O)O. The first-order valence-corrected chi connectivity index (χ1v) is 4.87. The highest BCUT2D eigenvalue weighted by molar-refractivity contribution is 7.32. The third kappa shape index (κ3) is 33.4. The van der Waals surface area contributed by atoms with E-state index in [1.165, 1.54) is 0 Å². The van der Waals surface area contributed by atoms with Crippen LogP contribution in [0, 0.1) is 0 Å². The Bertz CT molecular complexity index is 130. The zero-order chi connectivity index (χ0) is 9.28. The Hall–Kier alpha value is -0.0400. The second kappa shape index (κ2) is 17.9. The number of hydrogen-bond donors (Lipinski definition) is 4. The topological polar surface area (TPSA) is 163 Å². The molecule has 0 spiro atoms. The van der Waals surface area contributed by atoms with Crippen LogP contribution in [0.1, 0.15) is 0 Å². The molecular weight excluding hydrogens is 222 g/mol. The lowest BCUT2D eigenvalue weighted by atomic mass is 11.3. The molecule has 0 aliphatic carbocycles. The Morgan fingerprint density at radius 2 is 1.23 bits per heavy atom. The molecule has 0 saturated carbocycles. The minimum absolute atomic E-state index is 0. The molecule has 2 unspecified atom stereocenters. The van der Waals surface area contributed by atoms with Crippen molar-refractivity contribution in [3.8, 4) is 0 Å². The van der Waals surface area contributed by atoms with Gasteiger partial charge in [-0.3, -0.25) is 18.2 Å². The lowest BCUT2D eigenvalue weighted by Gasteiger charge is -1.96. The summed E-state index contributed by atoms with van der Waals surface area (Å²) >= 11 is 0. The van der Waals surface area contributed by atoms with Crippen LogP contribution < -0.4 is 12.3 Å². The second-order valence-electron chi connectivity index (χ2n) is 0.938. The highest BCUT2D eigenvalue weighted by Gasteiger charge is 1.93. The van der Waals surface area contributed by atoms with E-state index >= 15 is 0 Å². The summed E-state index contributed by atoms with van der Waals surface area (Å²) in [6.45, 7) is 5.38. The molecule has 8 nitrogen and oxygen atoms in total. The van der Waals surface area contributed by atoms with Gasteiger partial charge in [0.15, 0.2) is 6.79 Å². The molecule has 10 heteroatoms. The fraction of sp³-hybridized carbons (Fsp3) is 0.333. The molecule has 0 saturated heterocycles. The van der Waals surface area contributed by atoms with Crippen LogP contribution in [-0.4, -0.2) is 16.6 Å². The molecule has 0 aliphatic heterocycles. The van der Waals surface area contributed by atoms with Crippen LogP contribution in [0.3, 0.4) is 0 Å². The molecule has 0 aromatic carbocycles. The van der Waals surface area contributed by atoms with Crippen molar-refractivity contribution >= 4 is 16.5 Å². The van der Waals surface area contributed by atoms with Crippen molar-refractivity contribution in [3.63, 3.8) is 0 Å². The third-order valence-electron chi connectivity index (χ3n) is 0.365. The summed E-state index contributed by atoms with van der Waals surface area (Å²) in [6.07, 6.45) is 0. The second-order valence-corrected chi connectivity index (χ2v) is 2.58. The molecule has 84 valence electrons. The predicted octanol–water partition coefficient (Wildman–Crippen LogP) is 0.867. The summed E-state index contributed by atoms with van der Waals surface area (Å²) in [5.41, 5.74) is 0. The molecule has 0 fully saturated rings. The van der Waals surface area contributed by atoms with E-state index in [0.29, 0.717) is 0 Å². The third-order valence-corrected chi connectivity index (χ3v) is 1.09. The fourth-order valence-electron chi connectivity index (χ4n) is 0.130. The summed E-state index contributed by atoms with van der Waals surface area (Å²) in [5.74, 6) is 0. The molecule has 0 aromatic heterocycles. The summed E-state index contributed by atoms with van der Waals surface area (Å²) in [4.78, 5) is 15.9. The summed E-state index contributed by atoms with van der Waals surface area (Å²) in [5, 5.41) is 0. The molecule has 13 heavy (non-hydrogen) atoms. The van der Waals surface area contributed by atoms with E-state index in [1.54, 1.807) is 0 Å². The molecule has 2 atom stereocenters. The average molecular weight is 238 g/mol. The van der Waals surface area contributed by atoms with Crippen molar-refractivity contribution < 1.29 is 28.0 Å². The van der Waals surface area contributed by atoms with Crippen LogP contribution in [0.4, 0.5) is 0 Å². The van der Waals surface area contributed by atoms with Crippen LogP contribution in [-0.2, 0) is 18.2 Å². The Morgan fingerprint density at radius 3 is 1.38 bits per heavy atom. The van der Waals surface area contributed by atoms with Crippen LogP contribution >= 0.6 is 16.5 Å². The normalized spacial score (nSPS) is 12.2. The van der Waals surface area contributed by atoms with Crippen LogP contribution in [0.15, 0.2) is 13.2 Å². The molecule has 0 amide bonds. The Labute approximate surface area is 77.6 Å². The Morgan fingerprint density at radius 1 is 1.00 bits per heavy atom. The van der Waals surface area contributed by atoms with Gasteiger partial charge in [-0.15, -0.1) is 13.2 Å². The number of rotatable bonds is 4. The van der Waals surface area contributed by atoms with Gasteiger partial charge in [0, 0.05) is 0 Å². The minimum Gasteiger partial charge on any atom is -0.344 e. The van der Waals surface area contributed by atoms with Crippen molar-refractivity contribution in [1.29, 1.82) is 0 Å². The Balaban J connectivity index is -0.0000000941. The molecule has 0 heterocycles. The van der Waals surface area contributed by atoms with Gasteiger partial charge in [0.25, 0.3) is 0 Å². The number of hydrogen-bond acceptors (Lipinski definition) is 6. The standard InChI is InChI=1S/C2H4.CH6O6P2.2H3N/c1-2;2-8(3)6-1-7-9(4)5;;/h1-2H2;8-9H,1H2,(H,2,3)(H,4,5);2*1H3. The van der Waals surface area contributed by atoms with Gasteiger partial charge >= 0.3 is 16.5 Å². The van der Waals surface area contributed by atoms with Crippen LogP contribution in [0.25, 0.3) is 0 Å². The molecular formula is C3H16N2O6P2. The zero-order valence-corrected chi connectivity index (χ0v) is 9.06. The zero-order valence-electron chi connectivity index (χ0n) is 7.06. The quantitative estimate of drug-likeness (QED) is 0.318. The van der Waals surface area contributed by atoms with Gasteiger partial charge in [-0.1, -0.05) is 0 Å². The van der Waals surface area contributed by atoms with E-state index in [4.69, 9.17) is 9.79 Å². The largest absolute Gasteiger partial charge is 0.344 e. The van der Waals surface area contributed by atoms with Gasteiger partial charge in [-0.25, -0.2) is 0 Å². The van der Waals surface area contributed by atoms with Gasteiger partial charge in [-0.05, 0) is 0 Å². The first kappa shape index (κ1) is 23.1. The van der Waals surface area contributed by atoms with Crippen molar-refractivity contribution in [2.75, 3.05) is 6.79 Å². The fourth-order valence-corrected chi connectivity index (χ4v) is 0.568. The van der Waals surface area contributed by atoms with E-state index in [2.05, 4.69) is 22.2 Å². The van der Waals surface area contributed by atoms with E-state index in [0.717, 1.165) is 0 Å². The first-order valence-electron chi connectivity index (χ1n) is 2.34. The molecule has 0 aliphatic rings. The van der Waals surface area contributed by atoms with Gasteiger partial charge in [-0.2, -0.15) is 0 Å². The monoisotopic (exact) mass is 238 g/mol. The van der Waals surface area contributed by atoms with Crippen molar-refractivity contribution in [3.05, 3.63) is 13.2 Å². The van der Waals surface area contributed by atoms with Crippen molar-refractivity contribution in [1.82, 2.24) is 12.3 Å². The average Bonchev–Trinajstić information content (AvgIpc) is 1.90. The highest BCUT2D eigenvalue weighted by Crippen LogP contribution is 2.19. The molecule has 0 bridgehead atoms. The summed E-state index contributed by atoms with van der Waals surface area (Å²) in [6, 6.07) is 0.